The van der Waals surface area contributed by atoms with Crippen LogP contribution in [0.4, 0.5) is 0 Å². The second-order valence-electron chi connectivity index (χ2n) is 8.05. The van der Waals surface area contributed by atoms with E-state index in [1.807, 2.05) is 0 Å². The third kappa shape index (κ3) is 4.31. The fraction of sp³-hybridized carbons (Fsp3) is 0.360. The van der Waals surface area contributed by atoms with Crippen LogP contribution in [0.15, 0.2) is 42.0 Å². The summed E-state index contributed by atoms with van der Waals surface area (Å²) in [7, 11) is 4.39. The van der Waals surface area contributed by atoms with Gasteiger partial charge in [0, 0.05) is 19.2 Å². The van der Waals surface area contributed by atoms with Gasteiger partial charge in [-0.3, -0.25) is 9.59 Å². The van der Waals surface area contributed by atoms with Crippen LogP contribution in [0.25, 0.3) is 5.76 Å². The summed E-state index contributed by atoms with van der Waals surface area (Å²) in [5.41, 5.74) is 0.753. The molecule has 0 spiro atoms. The first kappa shape index (κ1) is 23.9. The summed E-state index contributed by atoms with van der Waals surface area (Å²) in [6.07, 6.45) is 1.49. The molecule has 2 aromatic carbocycles. The van der Waals surface area contributed by atoms with Crippen LogP contribution in [-0.4, -0.2) is 62.3 Å². The Morgan fingerprint density at radius 2 is 1.88 bits per heavy atom. The van der Waals surface area contributed by atoms with Gasteiger partial charge in [-0.2, -0.15) is 0 Å². The van der Waals surface area contributed by atoms with E-state index in [2.05, 4.69) is 0 Å². The minimum atomic E-state index is -0.842. The van der Waals surface area contributed by atoms with E-state index in [-0.39, 0.29) is 46.1 Å². The van der Waals surface area contributed by atoms with Crippen molar-refractivity contribution in [2.24, 2.45) is 0 Å². The van der Waals surface area contributed by atoms with Crippen LogP contribution in [0.2, 0.25) is 5.02 Å². The van der Waals surface area contributed by atoms with E-state index in [0.29, 0.717) is 17.9 Å². The number of amides is 1. The van der Waals surface area contributed by atoms with Crippen LogP contribution >= 0.6 is 11.6 Å². The fourth-order valence-corrected chi connectivity index (χ4v) is 4.66. The molecule has 4 rings (SSSR count). The number of methoxy groups -OCH3 is 3. The second kappa shape index (κ2) is 9.95. The molecule has 1 amide bonds. The van der Waals surface area contributed by atoms with Crippen molar-refractivity contribution < 1.29 is 33.6 Å². The van der Waals surface area contributed by atoms with Gasteiger partial charge in [-0.1, -0.05) is 23.7 Å². The van der Waals surface area contributed by atoms with E-state index in [1.54, 1.807) is 24.3 Å². The van der Waals surface area contributed by atoms with Gasteiger partial charge in [0.15, 0.2) is 0 Å². The number of hydrogen-bond acceptors (Lipinski definition) is 7. The van der Waals surface area contributed by atoms with Crippen molar-refractivity contribution in [3.8, 4) is 17.2 Å². The summed E-state index contributed by atoms with van der Waals surface area (Å²) in [4.78, 5) is 27.9. The molecule has 2 aromatic rings. The summed E-state index contributed by atoms with van der Waals surface area (Å²) < 4.78 is 21.8. The highest BCUT2D eigenvalue weighted by molar-refractivity contribution is 6.46. The topological polar surface area (TPSA) is 94.5 Å². The molecule has 2 fully saturated rings. The lowest BCUT2D eigenvalue weighted by Gasteiger charge is -2.27. The first-order chi connectivity index (χ1) is 16.4. The zero-order chi connectivity index (χ0) is 24.4. The predicted molar refractivity (Wildman–Crippen MR) is 126 cm³/mol. The van der Waals surface area contributed by atoms with Crippen molar-refractivity contribution in [1.29, 1.82) is 0 Å². The van der Waals surface area contributed by atoms with Gasteiger partial charge < -0.3 is 29.0 Å². The lowest BCUT2D eigenvalue weighted by Crippen LogP contribution is -2.36. The van der Waals surface area contributed by atoms with E-state index in [0.717, 1.165) is 12.8 Å². The minimum absolute atomic E-state index is 0.0566. The van der Waals surface area contributed by atoms with Gasteiger partial charge in [-0.15, -0.1) is 0 Å². The van der Waals surface area contributed by atoms with Gasteiger partial charge in [0.25, 0.3) is 11.7 Å². The highest BCUT2D eigenvalue weighted by Crippen LogP contribution is 2.43. The Morgan fingerprint density at radius 1 is 1.12 bits per heavy atom. The Hall–Kier alpha value is -3.23. The lowest BCUT2D eigenvalue weighted by molar-refractivity contribution is -0.140. The normalized spacial score (nSPS) is 21.7. The lowest BCUT2D eigenvalue weighted by atomic mass is 9.94. The first-order valence-corrected chi connectivity index (χ1v) is 11.2. The molecule has 2 saturated heterocycles. The number of likely N-dealkylation sites (tertiary alicyclic amines) is 1. The number of hydrogen-bond donors (Lipinski definition) is 1. The molecule has 2 unspecified atom stereocenters. The number of ketones is 1. The number of Topliss-reactive ketones (excluding diaryl/α,β-unsaturated/α-hetero) is 1. The summed E-state index contributed by atoms with van der Waals surface area (Å²) in [5, 5.41) is 11.7. The molecule has 180 valence electrons. The maximum Gasteiger partial charge on any atom is 0.295 e. The number of halogens is 1. The third-order valence-corrected chi connectivity index (χ3v) is 6.40. The Labute approximate surface area is 202 Å². The van der Waals surface area contributed by atoms with E-state index in [9.17, 15) is 14.7 Å². The molecule has 0 radical (unpaired) electrons. The standard InChI is InChI=1S/C25H26ClNO7/c1-31-15-7-4-6-14(10-15)22-21(24(29)25(30)27(22)13-16-8-5-9-34-16)23(28)17-11-20(33-3)18(26)12-19(17)32-2/h4,6-7,10-12,16,22,28H,5,8-9,13H2,1-3H3/b23-21+. The third-order valence-electron chi connectivity index (χ3n) is 6.10. The van der Waals surface area contributed by atoms with Gasteiger partial charge in [-0.25, -0.2) is 0 Å². The van der Waals surface area contributed by atoms with Crippen molar-refractivity contribution in [2.75, 3.05) is 34.5 Å². The molecule has 0 aliphatic carbocycles. The van der Waals surface area contributed by atoms with Crippen molar-refractivity contribution in [3.63, 3.8) is 0 Å². The van der Waals surface area contributed by atoms with Gasteiger partial charge in [0.05, 0.1) is 49.6 Å². The molecule has 0 bridgehead atoms. The minimum Gasteiger partial charge on any atom is -0.507 e. The highest BCUT2D eigenvalue weighted by atomic mass is 35.5. The van der Waals surface area contributed by atoms with Crippen LogP contribution in [-0.2, 0) is 14.3 Å². The number of benzene rings is 2. The number of aliphatic hydroxyl groups excluding tert-OH is 1. The Morgan fingerprint density at radius 3 is 2.53 bits per heavy atom. The molecule has 2 atom stereocenters. The molecule has 2 heterocycles. The van der Waals surface area contributed by atoms with Gasteiger partial charge in [-0.05, 0) is 36.6 Å². The molecule has 0 saturated carbocycles. The molecule has 0 aromatic heterocycles. The van der Waals surface area contributed by atoms with Crippen molar-refractivity contribution in [1.82, 2.24) is 4.90 Å². The smallest absolute Gasteiger partial charge is 0.295 e. The van der Waals surface area contributed by atoms with E-state index in [1.165, 1.54) is 38.4 Å². The monoisotopic (exact) mass is 487 g/mol. The second-order valence-corrected chi connectivity index (χ2v) is 8.46. The molecule has 2 aliphatic rings. The van der Waals surface area contributed by atoms with Gasteiger partial charge in [0.2, 0.25) is 0 Å². The maximum atomic E-state index is 13.3. The van der Waals surface area contributed by atoms with Crippen molar-refractivity contribution in [3.05, 3.63) is 58.1 Å². The van der Waals surface area contributed by atoms with Gasteiger partial charge >= 0.3 is 0 Å². The molecular formula is C25H26ClNO7. The van der Waals surface area contributed by atoms with Crippen molar-refractivity contribution in [2.45, 2.75) is 25.0 Å². The van der Waals surface area contributed by atoms with E-state index < -0.39 is 17.7 Å². The number of rotatable bonds is 7. The average Bonchev–Trinajstić information content (AvgIpc) is 3.45. The molecular weight excluding hydrogens is 462 g/mol. The zero-order valence-corrected chi connectivity index (χ0v) is 19.9. The molecule has 34 heavy (non-hydrogen) atoms. The maximum absolute atomic E-state index is 13.3. The zero-order valence-electron chi connectivity index (χ0n) is 19.2. The molecule has 8 nitrogen and oxygen atoms in total. The quantitative estimate of drug-likeness (QED) is 0.359. The SMILES string of the molecule is COc1cccc(C2/C(=C(\O)c3cc(OC)c(Cl)cc3OC)C(=O)C(=O)N2CC2CCCO2)c1. The summed E-state index contributed by atoms with van der Waals surface area (Å²) in [6.45, 7) is 0.838. The number of aliphatic hydroxyl groups is 1. The van der Waals surface area contributed by atoms with Gasteiger partial charge in [0.1, 0.15) is 23.0 Å². The highest BCUT2D eigenvalue weighted by Gasteiger charge is 2.47. The predicted octanol–water partition coefficient (Wildman–Crippen LogP) is 3.97. The average molecular weight is 488 g/mol. The van der Waals surface area contributed by atoms with Crippen LogP contribution in [0.1, 0.15) is 30.0 Å². The number of carbonyl (C=O) groups is 2. The fourth-order valence-electron chi connectivity index (χ4n) is 4.42. The molecule has 2 aliphatic heterocycles. The van der Waals surface area contributed by atoms with Crippen LogP contribution in [0, 0.1) is 0 Å². The summed E-state index contributed by atoms with van der Waals surface area (Å²) in [5.74, 6) is -0.795. The number of ether oxygens (including phenoxy) is 4. The Bertz CT molecular complexity index is 1140. The van der Waals surface area contributed by atoms with Crippen LogP contribution in [0.3, 0.4) is 0 Å². The summed E-state index contributed by atoms with van der Waals surface area (Å²) in [6, 6.07) is 9.19. The molecule has 1 N–H and O–H groups in total. The first-order valence-electron chi connectivity index (χ1n) is 10.9. The van der Waals surface area contributed by atoms with Crippen LogP contribution in [0.5, 0.6) is 17.2 Å². The van der Waals surface area contributed by atoms with Crippen molar-refractivity contribution >= 4 is 29.1 Å². The number of nitrogens with zero attached hydrogens (tertiary/aromatic N) is 1. The van der Waals surface area contributed by atoms with E-state index in [4.69, 9.17) is 30.5 Å². The summed E-state index contributed by atoms with van der Waals surface area (Å²) >= 11 is 6.21. The largest absolute Gasteiger partial charge is 0.507 e. The molecule has 9 heteroatoms. The van der Waals surface area contributed by atoms with E-state index >= 15 is 0 Å². The Balaban J connectivity index is 1.90. The van der Waals surface area contributed by atoms with Crippen LogP contribution < -0.4 is 14.2 Å². The Kier molecular flexibility index (Phi) is 7.00. The number of carbonyl (C=O) groups excluding carboxylic acids is 2.